The Morgan fingerprint density at radius 1 is 0.455 bits per heavy atom. The molecule has 77 heavy (non-hydrogen) atoms. The lowest BCUT2D eigenvalue weighted by molar-refractivity contribution is -0.133. The predicted molar refractivity (Wildman–Crippen MR) is 303 cm³/mol. The number of carbonyl (C=O) groups is 2. The number of nitrogens with one attached hydrogen (secondary N) is 8. The SMILES string of the molecule is Cc1ccc(S(=O)(=O)NCCN(CCOc2ccc(Cc3ccc(OCCN(CCNS(=O)(=O)c4ccc(C)cc4)C(=O)CN4CCNCCNCCNCC4)cc3)cc2)C(=O)CN2CCNCCNCCNCC2)cc1. The van der Waals surface area contributed by atoms with Crippen molar-refractivity contribution in [2.24, 2.45) is 0 Å². The van der Waals surface area contributed by atoms with Gasteiger partial charge in [0.05, 0.1) is 36.0 Å². The first-order valence-electron chi connectivity index (χ1n) is 27.1. The van der Waals surface area contributed by atoms with Crippen molar-refractivity contribution in [3.63, 3.8) is 0 Å². The van der Waals surface area contributed by atoms with Gasteiger partial charge in [-0.25, -0.2) is 26.3 Å². The van der Waals surface area contributed by atoms with Gasteiger partial charge in [0.25, 0.3) is 0 Å². The highest BCUT2D eigenvalue weighted by Gasteiger charge is 2.22. The zero-order chi connectivity index (χ0) is 54.6. The van der Waals surface area contributed by atoms with Crippen LogP contribution in [0.4, 0.5) is 0 Å². The number of nitrogens with zero attached hydrogens (tertiary/aromatic N) is 4. The molecule has 4 aromatic carbocycles. The number of hydrogen-bond acceptors (Lipinski definition) is 16. The average molecular weight is 1110 g/mol. The average Bonchev–Trinajstić information content (AvgIpc) is 3.41. The van der Waals surface area contributed by atoms with Crippen LogP contribution in [0.1, 0.15) is 22.3 Å². The van der Waals surface area contributed by atoms with Crippen LogP contribution >= 0.6 is 0 Å². The first kappa shape index (κ1) is 61.1. The van der Waals surface area contributed by atoms with Gasteiger partial charge in [-0.3, -0.25) is 19.4 Å². The topological polar surface area (TPSA) is 230 Å². The Morgan fingerprint density at radius 3 is 1.09 bits per heavy atom. The van der Waals surface area contributed by atoms with Gasteiger partial charge in [0, 0.05) is 131 Å². The number of benzene rings is 4. The fraction of sp³-hybridized carbons (Fsp3) is 0.527. The quantitative estimate of drug-likeness (QED) is 0.0476. The van der Waals surface area contributed by atoms with Crippen molar-refractivity contribution in [2.75, 3.05) is 170 Å². The van der Waals surface area contributed by atoms with Gasteiger partial charge in [0.15, 0.2) is 0 Å². The molecule has 0 unspecified atom stereocenters. The minimum Gasteiger partial charge on any atom is -0.492 e. The van der Waals surface area contributed by atoms with Crippen LogP contribution in [-0.2, 0) is 36.1 Å². The van der Waals surface area contributed by atoms with Crippen LogP contribution in [0, 0.1) is 13.8 Å². The van der Waals surface area contributed by atoms with Crippen LogP contribution in [0.15, 0.2) is 107 Å². The second-order valence-electron chi connectivity index (χ2n) is 19.4. The molecule has 2 aliphatic rings. The molecule has 0 bridgehead atoms. The molecule has 0 aromatic heterocycles. The van der Waals surface area contributed by atoms with Crippen molar-refractivity contribution in [1.29, 1.82) is 0 Å². The first-order chi connectivity index (χ1) is 37.3. The number of sulfonamides is 2. The van der Waals surface area contributed by atoms with Gasteiger partial charge < -0.3 is 51.2 Å². The van der Waals surface area contributed by atoms with Gasteiger partial charge in [-0.2, -0.15) is 0 Å². The maximum atomic E-state index is 13.9. The summed E-state index contributed by atoms with van der Waals surface area (Å²) in [6, 6.07) is 29.0. The molecule has 2 amide bonds. The Balaban J connectivity index is 0.997. The highest BCUT2D eigenvalue weighted by molar-refractivity contribution is 7.89. The number of carbonyl (C=O) groups excluding carboxylic acids is 2. The smallest absolute Gasteiger partial charge is 0.240 e. The first-order valence-corrected chi connectivity index (χ1v) is 30.1. The van der Waals surface area contributed by atoms with Crippen molar-refractivity contribution >= 4 is 31.9 Å². The summed E-state index contributed by atoms with van der Waals surface area (Å²) in [6.45, 7) is 18.3. The summed E-state index contributed by atoms with van der Waals surface area (Å²) in [4.78, 5) is 35.8. The Labute approximate surface area is 457 Å². The van der Waals surface area contributed by atoms with Crippen LogP contribution in [0.2, 0.25) is 0 Å². The molecule has 2 saturated heterocycles. The van der Waals surface area contributed by atoms with Crippen LogP contribution in [-0.4, -0.2) is 219 Å². The lowest BCUT2D eigenvalue weighted by Crippen LogP contribution is -2.48. The summed E-state index contributed by atoms with van der Waals surface area (Å²) in [5.74, 6) is 1.11. The summed E-state index contributed by atoms with van der Waals surface area (Å²) in [7, 11) is -7.53. The molecule has 6 rings (SSSR count). The van der Waals surface area contributed by atoms with Crippen LogP contribution in [0.25, 0.3) is 0 Å². The third-order valence-corrected chi connectivity index (χ3v) is 16.2. The molecule has 0 radical (unpaired) electrons. The number of amides is 2. The van der Waals surface area contributed by atoms with Crippen molar-refractivity contribution in [3.05, 3.63) is 119 Å². The van der Waals surface area contributed by atoms with Gasteiger partial charge in [-0.15, -0.1) is 0 Å². The van der Waals surface area contributed by atoms with Crippen molar-refractivity contribution in [2.45, 2.75) is 30.1 Å². The second-order valence-corrected chi connectivity index (χ2v) is 22.9. The van der Waals surface area contributed by atoms with E-state index >= 15 is 0 Å². The van der Waals surface area contributed by atoms with Gasteiger partial charge in [0.1, 0.15) is 24.7 Å². The highest BCUT2D eigenvalue weighted by atomic mass is 32.2. The molecule has 424 valence electrons. The van der Waals surface area contributed by atoms with E-state index in [-0.39, 0.29) is 87.2 Å². The van der Waals surface area contributed by atoms with Crippen molar-refractivity contribution < 1.29 is 35.9 Å². The van der Waals surface area contributed by atoms with Crippen molar-refractivity contribution in [3.8, 4) is 11.5 Å². The number of rotatable bonds is 24. The molecule has 0 atom stereocenters. The highest BCUT2D eigenvalue weighted by Crippen LogP contribution is 2.19. The van der Waals surface area contributed by atoms with Gasteiger partial charge >= 0.3 is 0 Å². The maximum Gasteiger partial charge on any atom is 0.240 e. The summed E-state index contributed by atoms with van der Waals surface area (Å²) >= 11 is 0. The van der Waals surface area contributed by atoms with Crippen LogP contribution in [0.5, 0.6) is 11.5 Å². The lowest BCUT2D eigenvalue weighted by atomic mass is 10.0. The number of hydrogen-bond donors (Lipinski definition) is 8. The number of ether oxygens (including phenoxy) is 2. The minimum absolute atomic E-state index is 0.0530. The lowest BCUT2D eigenvalue weighted by Gasteiger charge is -2.28. The van der Waals surface area contributed by atoms with Crippen molar-refractivity contribution in [1.82, 2.24) is 60.9 Å². The largest absolute Gasteiger partial charge is 0.492 e. The molecule has 2 fully saturated rings. The van der Waals surface area contributed by atoms with Gasteiger partial charge in [-0.1, -0.05) is 59.7 Å². The molecule has 20 nitrogen and oxygen atoms in total. The number of aryl methyl sites for hydroxylation is 2. The predicted octanol–water partition coefficient (Wildman–Crippen LogP) is 0.435. The zero-order valence-electron chi connectivity index (χ0n) is 45.2. The molecule has 22 heteroatoms. The molecule has 2 aliphatic heterocycles. The van der Waals surface area contributed by atoms with Gasteiger partial charge in [-0.05, 0) is 79.9 Å². The molecular formula is C55H84N12O8S2. The van der Waals surface area contributed by atoms with E-state index in [2.05, 4.69) is 51.1 Å². The van der Waals surface area contributed by atoms with Crippen LogP contribution < -0.4 is 50.8 Å². The minimum atomic E-state index is -3.76. The van der Waals surface area contributed by atoms with E-state index in [4.69, 9.17) is 9.47 Å². The Hall–Kier alpha value is -5.08. The molecule has 0 aliphatic carbocycles. The fourth-order valence-electron chi connectivity index (χ4n) is 8.67. The summed E-state index contributed by atoms with van der Waals surface area (Å²) in [5.41, 5.74) is 4.07. The molecule has 0 saturated carbocycles. The van der Waals surface area contributed by atoms with Crippen LogP contribution in [0.3, 0.4) is 0 Å². The standard InChI is InChI=1S/C55H84N12O8S2/c1-46-3-15-52(16-4-46)76(70,71)62-31-37-66(54(68)44-64-33-27-58-23-19-56-20-24-59-28-34-64)39-41-74-50-11-7-48(8-12-50)43-49-9-13-51(14-10-49)75-42-40-67(38-32-63-77(72,73)53-17-5-47(2)6-18-53)55(69)45-65-35-29-60-25-21-57-22-26-61-30-36-65/h3-18,56-63H,19-45H2,1-2H3. The normalized spacial score (nSPS) is 16.4. The molecular weight excluding hydrogens is 1020 g/mol. The molecule has 8 N–H and O–H groups in total. The molecule has 4 aromatic rings. The Bertz CT molecular complexity index is 2360. The van der Waals surface area contributed by atoms with E-state index in [1.807, 2.05) is 62.4 Å². The molecule has 0 spiro atoms. The van der Waals surface area contributed by atoms with E-state index in [0.29, 0.717) is 44.1 Å². The monoisotopic (exact) mass is 1100 g/mol. The second kappa shape index (κ2) is 33.4. The summed E-state index contributed by atoms with van der Waals surface area (Å²) < 4.78 is 70.1. The van der Waals surface area contributed by atoms with E-state index < -0.39 is 20.0 Å². The molecule has 2 heterocycles. The van der Waals surface area contributed by atoms with E-state index in [1.165, 1.54) is 0 Å². The third-order valence-electron chi connectivity index (χ3n) is 13.3. The third kappa shape index (κ3) is 23.0. The fourth-order valence-corrected chi connectivity index (χ4v) is 10.7. The van der Waals surface area contributed by atoms with Gasteiger partial charge in [0.2, 0.25) is 31.9 Å². The van der Waals surface area contributed by atoms with E-state index in [1.54, 1.807) is 58.3 Å². The van der Waals surface area contributed by atoms with E-state index in [9.17, 15) is 26.4 Å². The summed E-state index contributed by atoms with van der Waals surface area (Å²) in [6.07, 6.45) is 0.666. The zero-order valence-corrected chi connectivity index (χ0v) is 46.8. The summed E-state index contributed by atoms with van der Waals surface area (Å²) in [5, 5.41) is 20.5. The Morgan fingerprint density at radius 2 is 0.766 bits per heavy atom. The Kier molecular flexibility index (Phi) is 26.5. The van der Waals surface area contributed by atoms with E-state index in [0.717, 1.165) is 101 Å². The maximum absolute atomic E-state index is 13.9.